The van der Waals surface area contributed by atoms with Gasteiger partial charge in [-0.05, 0) is 6.92 Å². The van der Waals surface area contributed by atoms with Crippen LogP contribution in [0.2, 0.25) is 0 Å². The second kappa shape index (κ2) is 4.74. The predicted molar refractivity (Wildman–Crippen MR) is 28.6 cm³/mol. The van der Waals surface area contributed by atoms with Gasteiger partial charge in [0.05, 0.1) is 13.2 Å². The zero-order valence-electron chi connectivity index (χ0n) is 4.83. The lowest BCUT2D eigenvalue weighted by Gasteiger charge is -2.01. The lowest BCUT2D eigenvalue weighted by Crippen LogP contribution is -2.11. The van der Waals surface area contributed by atoms with Crippen LogP contribution in [0.3, 0.4) is 0 Å². The molecular formula is C5H10O3. The molecule has 0 aliphatic heterocycles. The van der Waals surface area contributed by atoms with Crippen molar-refractivity contribution in [2.45, 2.75) is 13.0 Å². The van der Waals surface area contributed by atoms with Gasteiger partial charge in [-0.3, -0.25) is 0 Å². The van der Waals surface area contributed by atoms with Crippen LogP contribution in [0.1, 0.15) is 6.92 Å². The molecule has 1 unspecified atom stereocenters. The van der Waals surface area contributed by atoms with E-state index in [0.717, 1.165) is 0 Å². The summed E-state index contributed by atoms with van der Waals surface area (Å²) in [4.78, 5) is 9.80. The van der Waals surface area contributed by atoms with Gasteiger partial charge in [0.15, 0.2) is 0 Å². The van der Waals surface area contributed by atoms with Gasteiger partial charge < -0.3 is 14.6 Å². The highest BCUT2D eigenvalue weighted by Gasteiger charge is 1.94. The molecule has 0 aromatic heterocycles. The molecule has 0 rings (SSSR count). The summed E-state index contributed by atoms with van der Waals surface area (Å²) in [5, 5.41) is 8.17. The molecule has 0 amide bonds. The van der Waals surface area contributed by atoms with Gasteiger partial charge in [-0.25, -0.2) is 0 Å². The van der Waals surface area contributed by atoms with E-state index in [1.807, 2.05) is 0 Å². The number of aliphatic hydroxyl groups is 1. The lowest BCUT2D eigenvalue weighted by molar-refractivity contribution is -0.117. The Hall–Kier alpha value is -0.410. The van der Waals surface area contributed by atoms with E-state index >= 15 is 0 Å². The zero-order chi connectivity index (χ0) is 6.41. The zero-order valence-corrected chi connectivity index (χ0v) is 4.83. The molecule has 0 saturated heterocycles. The SMILES string of the molecule is CC(C=O)OCCO. The minimum absolute atomic E-state index is 0.0296. The van der Waals surface area contributed by atoms with E-state index in [2.05, 4.69) is 0 Å². The average molecular weight is 118 g/mol. The average Bonchev–Trinajstić information content (AvgIpc) is 1.83. The second-order valence-corrected chi connectivity index (χ2v) is 1.44. The second-order valence-electron chi connectivity index (χ2n) is 1.44. The first kappa shape index (κ1) is 7.59. The first-order chi connectivity index (χ1) is 3.81. The Morgan fingerprint density at radius 3 is 2.88 bits per heavy atom. The van der Waals surface area contributed by atoms with E-state index < -0.39 is 0 Å². The van der Waals surface area contributed by atoms with E-state index in [0.29, 0.717) is 6.29 Å². The van der Waals surface area contributed by atoms with E-state index in [4.69, 9.17) is 9.84 Å². The number of carbonyl (C=O) groups is 1. The van der Waals surface area contributed by atoms with Crippen molar-refractivity contribution in [1.82, 2.24) is 0 Å². The van der Waals surface area contributed by atoms with E-state index in [-0.39, 0.29) is 19.3 Å². The molecule has 0 bridgehead atoms. The largest absolute Gasteiger partial charge is 0.394 e. The van der Waals surface area contributed by atoms with Crippen LogP contribution in [0.15, 0.2) is 0 Å². The smallest absolute Gasteiger partial charge is 0.148 e. The van der Waals surface area contributed by atoms with E-state index in [1.54, 1.807) is 6.92 Å². The molecule has 0 spiro atoms. The number of carbonyl (C=O) groups excluding carboxylic acids is 1. The molecule has 48 valence electrons. The number of aldehydes is 1. The lowest BCUT2D eigenvalue weighted by atomic mass is 10.5. The van der Waals surface area contributed by atoms with Crippen LogP contribution in [-0.2, 0) is 9.53 Å². The highest BCUT2D eigenvalue weighted by molar-refractivity contribution is 5.54. The molecule has 0 aliphatic rings. The molecule has 0 aromatic rings. The third-order valence-electron chi connectivity index (χ3n) is 0.664. The molecule has 8 heavy (non-hydrogen) atoms. The van der Waals surface area contributed by atoms with E-state index in [9.17, 15) is 4.79 Å². The van der Waals surface area contributed by atoms with Crippen LogP contribution in [0.5, 0.6) is 0 Å². The van der Waals surface area contributed by atoms with Crippen molar-refractivity contribution in [3.8, 4) is 0 Å². The fourth-order valence-corrected chi connectivity index (χ4v) is 0.278. The third kappa shape index (κ3) is 3.77. The third-order valence-corrected chi connectivity index (χ3v) is 0.664. The highest BCUT2D eigenvalue weighted by Crippen LogP contribution is 1.81. The fourth-order valence-electron chi connectivity index (χ4n) is 0.278. The minimum atomic E-state index is -0.387. The van der Waals surface area contributed by atoms with Crippen LogP contribution in [-0.4, -0.2) is 30.7 Å². The molecule has 0 fully saturated rings. The molecule has 0 aromatic carbocycles. The monoisotopic (exact) mass is 118 g/mol. The van der Waals surface area contributed by atoms with Crippen molar-refractivity contribution in [2.75, 3.05) is 13.2 Å². The number of aliphatic hydroxyl groups excluding tert-OH is 1. The van der Waals surface area contributed by atoms with Gasteiger partial charge in [0.25, 0.3) is 0 Å². The van der Waals surface area contributed by atoms with E-state index in [1.165, 1.54) is 0 Å². The molecule has 0 saturated carbocycles. The summed E-state index contributed by atoms with van der Waals surface area (Å²) in [6.45, 7) is 1.83. The van der Waals surface area contributed by atoms with Gasteiger partial charge in [-0.1, -0.05) is 0 Å². The first-order valence-electron chi connectivity index (χ1n) is 2.49. The summed E-state index contributed by atoms with van der Waals surface area (Å²) in [6.07, 6.45) is 0.303. The number of rotatable bonds is 4. The van der Waals surface area contributed by atoms with Gasteiger partial charge >= 0.3 is 0 Å². The molecule has 0 radical (unpaired) electrons. The highest BCUT2D eigenvalue weighted by atomic mass is 16.5. The summed E-state index contributed by atoms with van der Waals surface area (Å²) in [7, 11) is 0. The summed E-state index contributed by atoms with van der Waals surface area (Å²) in [5.41, 5.74) is 0. The molecule has 0 heterocycles. The summed E-state index contributed by atoms with van der Waals surface area (Å²) >= 11 is 0. The number of ether oxygens (including phenoxy) is 1. The van der Waals surface area contributed by atoms with Crippen molar-refractivity contribution in [3.05, 3.63) is 0 Å². The van der Waals surface area contributed by atoms with Crippen molar-refractivity contribution in [3.63, 3.8) is 0 Å². The van der Waals surface area contributed by atoms with Crippen LogP contribution in [0.25, 0.3) is 0 Å². The van der Waals surface area contributed by atoms with Crippen LogP contribution in [0, 0.1) is 0 Å². The topological polar surface area (TPSA) is 46.5 Å². The molecule has 1 atom stereocenters. The van der Waals surface area contributed by atoms with Crippen molar-refractivity contribution in [2.24, 2.45) is 0 Å². The predicted octanol–water partition coefficient (Wildman–Crippen LogP) is -0.417. The Morgan fingerprint density at radius 2 is 2.50 bits per heavy atom. The van der Waals surface area contributed by atoms with Gasteiger partial charge in [0.1, 0.15) is 12.4 Å². The van der Waals surface area contributed by atoms with Crippen LogP contribution >= 0.6 is 0 Å². The Bertz CT molecular complexity index is 62.7. The molecule has 1 N–H and O–H groups in total. The van der Waals surface area contributed by atoms with Crippen LogP contribution < -0.4 is 0 Å². The standard InChI is InChI=1S/C5H10O3/c1-5(4-7)8-3-2-6/h4-6H,2-3H2,1H3. The maximum Gasteiger partial charge on any atom is 0.148 e. The maximum absolute atomic E-state index is 9.80. The van der Waals surface area contributed by atoms with Crippen molar-refractivity contribution >= 4 is 6.29 Å². The molecular weight excluding hydrogens is 108 g/mol. The van der Waals surface area contributed by atoms with Crippen molar-refractivity contribution in [1.29, 1.82) is 0 Å². The summed E-state index contributed by atoms with van der Waals surface area (Å²) < 4.78 is 4.72. The van der Waals surface area contributed by atoms with Gasteiger partial charge in [0, 0.05) is 0 Å². The Kier molecular flexibility index (Phi) is 4.50. The first-order valence-corrected chi connectivity index (χ1v) is 2.49. The van der Waals surface area contributed by atoms with Gasteiger partial charge in [0.2, 0.25) is 0 Å². The van der Waals surface area contributed by atoms with Crippen LogP contribution in [0.4, 0.5) is 0 Å². The fraction of sp³-hybridized carbons (Fsp3) is 0.800. The summed E-state index contributed by atoms with van der Waals surface area (Å²) in [5.74, 6) is 0. The Labute approximate surface area is 48.3 Å². The molecule has 3 heteroatoms. The molecule has 3 nitrogen and oxygen atoms in total. The van der Waals surface area contributed by atoms with Gasteiger partial charge in [-0.2, -0.15) is 0 Å². The molecule has 0 aliphatic carbocycles. The quantitative estimate of drug-likeness (QED) is 0.510. The number of hydrogen-bond acceptors (Lipinski definition) is 3. The minimum Gasteiger partial charge on any atom is -0.394 e. The van der Waals surface area contributed by atoms with Gasteiger partial charge in [-0.15, -0.1) is 0 Å². The Morgan fingerprint density at radius 1 is 1.88 bits per heavy atom. The summed E-state index contributed by atoms with van der Waals surface area (Å²) in [6, 6.07) is 0. The normalized spacial score (nSPS) is 13.2. The maximum atomic E-state index is 9.80. The van der Waals surface area contributed by atoms with Crippen molar-refractivity contribution < 1.29 is 14.6 Å². The Balaban J connectivity index is 2.98. The number of hydrogen-bond donors (Lipinski definition) is 1.